The fourth-order valence-electron chi connectivity index (χ4n) is 8.78. The summed E-state index contributed by atoms with van der Waals surface area (Å²) >= 11 is 11.5. The molecule has 0 aliphatic carbocycles. The minimum atomic E-state index is -2.91. The van der Waals surface area contributed by atoms with Crippen LogP contribution in [0.3, 0.4) is 0 Å². The molecule has 4 atom stereocenters. The lowest BCUT2D eigenvalue weighted by Crippen LogP contribution is -2.19. The van der Waals surface area contributed by atoms with Crippen LogP contribution in [0.25, 0.3) is 43.1 Å². The van der Waals surface area contributed by atoms with Crippen LogP contribution in [-0.4, -0.2) is 106 Å². The molecule has 0 spiro atoms. The van der Waals surface area contributed by atoms with Gasteiger partial charge in [-0.05, 0) is 139 Å². The minimum absolute atomic E-state index is 0.0828. The van der Waals surface area contributed by atoms with Crippen molar-refractivity contribution >= 4 is 153 Å². The third-order valence-electron chi connectivity index (χ3n) is 13.5. The van der Waals surface area contributed by atoms with E-state index in [9.17, 15) is 37.3 Å². The van der Waals surface area contributed by atoms with Crippen LogP contribution < -0.4 is 19.3 Å². The zero-order chi connectivity index (χ0) is 66.9. The van der Waals surface area contributed by atoms with Crippen LogP contribution in [0.2, 0.25) is 10.2 Å². The molecule has 12 aromatic rings. The molecular weight excluding hydrogens is 1310 g/mol. The standard InChI is InChI=1S/2C17H14ClN3O2S.2C17H15N3O2S/c1-24(23,13-7-9-17(18)19-10-13)21-20-11-15-14-5-3-2-4-12(14)6-8-16(15)22;1-24(23,17-9-7-13(18)10-19-17)21-20-11-15-14-5-3-2-4-12(14)6-8-16(15)22;1-23(22,17-8-4-5-11-18-17)20-19-12-15-14-7-3-2-6-13(14)9-10-16(15)21;1-23(22,14-6-4-10-18-11-14)20-19-12-16-15-7-3-2-5-13(15)8-9-17(16)21/h2*2-11,22H,1H2,(H,21,23);2*2-12,21H,1H2,(H,20,22)/b2*20-11+;2*19-12+. The summed E-state index contributed by atoms with van der Waals surface area (Å²) in [6, 6.07) is 58.8. The van der Waals surface area contributed by atoms with E-state index in [2.05, 4.69) is 83.1 Å². The zero-order valence-corrected chi connectivity index (χ0v) is 54.2. The van der Waals surface area contributed by atoms with Crippen LogP contribution in [0.1, 0.15) is 22.3 Å². The molecule has 4 unspecified atom stereocenters. The second-order valence-electron chi connectivity index (χ2n) is 20.0. The topological polar surface area (TPSA) is 298 Å². The van der Waals surface area contributed by atoms with Crippen LogP contribution >= 0.6 is 23.2 Å². The van der Waals surface area contributed by atoms with Crippen molar-refractivity contribution in [1.29, 1.82) is 0 Å². The molecule has 0 fully saturated rings. The van der Waals surface area contributed by atoms with E-state index in [1.807, 2.05) is 121 Å². The Morgan fingerprint density at radius 2 is 0.723 bits per heavy atom. The molecule has 476 valence electrons. The lowest BCUT2D eigenvalue weighted by Gasteiger charge is -2.09. The van der Waals surface area contributed by atoms with Crippen LogP contribution in [0.15, 0.2) is 271 Å². The molecule has 0 saturated carbocycles. The number of benzene rings is 8. The van der Waals surface area contributed by atoms with Crippen molar-refractivity contribution in [3.8, 4) is 23.0 Å². The van der Waals surface area contributed by atoms with Crippen LogP contribution in [0, 0.1) is 0 Å². The average Bonchev–Trinajstić information content (AvgIpc) is 0.934. The molecular formula is C68H58Cl2N12O8S4. The van der Waals surface area contributed by atoms with Gasteiger partial charge in [0.25, 0.3) is 0 Å². The summed E-state index contributed by atoms with van der Waals surface area (Å²) in [5.41, 5.74) is 2.16. The first-order valence-corrected chi connectivity index (χ1v) is 35.3. The maximum Gasteiger partial charge on any atom is 0.139 e. The maximum atomic E-state index is 12.6. The van der Waals surface area contributed by atoms with Gasteiger partial charge in [-0.1, -0.05) is 151 Å². The molecule has 94 heavy (non-hydrogen) atoms. The fraction of sp³-hybridized carbons (Fsp3) is 0. The molecule has 4 heterocycles. The van der Waals surface area contributed by atoms with Gasteiger partial charge in [-0.2, -0.15) is 20.4 Å². The van der Waals surface area contributed by atoms with Gasteiger partial charge in [-0.3, -0.25) is 4.98 Å². The molecule has 4 aromatic heterocycles. The monoisotopic (exact) mass is 1370 g/mol. The minimum Gasteiger partial charge on any atom is -0.507 e. The molecule has 0 aliphatic rings. The molecule has 0 radical (unpaired) electrons. The lowest BCUT2D eigenvalue weighted by molar-refractivity contribution is 0.475. The predicted octanol–water partition coefficient (Wildman–Crippen LogP) is 11.5. The number of nitrogens with zero attached hydrogens (tertiary/aromatic N) is 8. The number of nitrogens with one attached hydrogen (secondary N) is 4. The molecule has 8 N–H and O–H groups in total. The first-order valence-electron chi connectivity index (χ1n) is 27.7. The van der Waals surface area contributed by atoms with Gasteiger partial charge in [0.2, 0.25) is 0 Å². The van der Waals surface area contributed by atoms with Gasteiger partial charge in [0, 0.05) is 53.2 Å². The van der Waals surface area contributed by atoms with Crippen molar-refractivity contribution in [2.75, 3.05) is 0 Å². The number of aromatic hydroxyl groups is 4. The predicted molar refractivity (Wildman–Crippen MR) is 386 cm³/mol. The summed E-state index contributed by atoms with van der Waals surface area (Å²) in [7, 11) is -11.4. The van der Waals surface area contributed by atoms with Crippen LogP contribution in [0.4, 0.5) is 0 Å². The summed E-state index contributed by atoms with van der Waals surface area (Å²) in [6.07, 6.45) is 13.1. The Kier molecular flexibility index (Phi) is 21.9. The molecule has 0 saturated heterocycles. The fourth-order valence-corrected chi connectivity index (χ4v) is 12.4. The van der Waals surface area contributed by atoms with Gasteiger partial charge < -0.3 is 20.4 Å². The van der Waals surface area contributed by atoms with E-state index >= 15 is 0 Å². The second kappa shape index (κ2) is 30.5. The largest absolute Gasteiger partial charge is 0.507 e. The van der Waals surface area contributed by atoms with Crippen LogP contribution in [0.5, 0.6) is 23.0 Å². The maximum absolute atomic E-state index is 12.6. The van der Waals surface area contributed by atoms with E-state index in [4.69, 9.17) is 23.2 Å². The molecule has 20 nitrogen and oxygen atoms in total. The quantitative estimate of drug-likeness (QED) is 0.0194. The first-order chi connectivity index (χ1) is 45.1. The molecule has 0 amide bonds. The van der Waals surface area contributed by atoms with Gasteiger partial charge in [-0.15, -0.1) is 0 Å². The molecule has 0 aliphatic heterocycles. The zero-order valence-electron chi connectivity index (χ0n) is 49.5. The SMILES string of the molecule is C=S(=O)(N/N=C/c1c(O)ccc2ccccc12)c1ccc(Cl)cn1.C=S(=O)(N/N=C/c1c(O)ccc2ccccc12)c1ccc(Cl)nc1.C=S(=O)(N/N=C/c1c(O)ccc2ccccc12)c1ccccn1.C=S(=O)(N/N=C/c1c(O)ccc2ccccc12)c1cccnc1. The summed E-state index contributed by atoms with van der Waals surface area (Å²) in [5.74, 6) is 14.9. The van der Waals surface area contributed by atoms with Crippen molar-refractivity contribution in [2.45, 2.75) is 19.8 Å². The summed E-state index contributed by atoms with van der Waals surface area (Å²) in [4.78, 5) is 26.8. The van der Waals surface area contributed by atoms with Crippen molar-refractivity contribution in [2.24, 2.45) is 20.4 Å². The van der Waals surface area contributed by atoms with E-state index in [0.29, 0.717) is 47.2 Å². The Morgan fingerprint density at radius 3 is 1.06 bits per heavy atom. The number of hydrogen-bond donors (Lipinski definition) is 8. The number of phenolic OH excluding ortho intramolecular Hbond substituents is 4. The number of hydrazone groups is 4. The van der Waals surface area contributed by atoms with E-state index in [1.54, 1.807) is 79.1 Å². The lowest BCUT2D eigenvalue weighted by atomic mass is 10.0. The van der Waals surface area contributed by atoms with E-state index in [-0.39, 0.29) is 28.0 Å². The number of aromatic nitrogens is 4. The first kappa shape index (κ1) is 67.5. The number of hydrogen-bond acceptors (Lipinski definition) is 16. The number of pyridine rings is 4. The molecule has 0 bridgehead atoms. The summed E-state index contributed by atoms with van der Waals surface area (Å²) in [6.45, 7) is 0. The van der Waals surface area contributed by atoms with Gasteiger partial charge >= 0.3 is 0 Å². The van der Waals surface area contributed by atoms with Gasteiger partial charge in [0.05, 0.1) is 59.1 Å². The highest BCUT2D eigenvalue weighted by Gasteiger charge is 2.13. The summed E-state index contributed by atoms with van der Waals surface area (Å²) < 4.78 is 50.0. The number of fused-ring (bicyclic) bond motifs is 4. The Hall–Kier alpha value is -10.9. The Balaban J connectivity index is 0.000000148. The highest BCUT2D eigenvalue weighted by atomic mass is 35.5. The number of rotatable bonds is 16. The molecule has 8 aromatic carbocycles. The summed E-state index contributed by atoms with van der Waals surface area (Å²) in [5, 5.41) is 64.7. The molecule has 12 rings (SSSR count). The Bertz CT molecular complexity index is 4960. The van der Waals surface area contributed by atoms with Gasteiger partial charge in [0.1, 0.15) is 57.6 Å². The molecule has 26 heteroatoms. The smallest absolute Gasteiger partial charge is 0.139 e. The second-order valence-corrected chi connectivity index (χ2v) is 28.7. The van der Waals surface area contributed by atoms with E-state index in [0.717, 1.165) is 43.1 Å². The van der Waals surface area contributed by atoms with Crippen molar-refractivity contribution in [3.63, 3.8) is 0 Å². The van der Waals surface area contributed by atoms with Crippen molar-refractivity contribution in [3.05, 3.63) is 264 Å². The van der Waals surface area contributed by atoms with Crippen molar-refractivity contribution < 1.29 is 37.3 Å². The Morgan fingerprint density at radius 1 is 0.351 bits per heavy atom. The third-order valence-corrected chi connectivity index (χ3v) is 19.4. The average molecular weight is 1370 g/mol. The third kappa shape index (κ3) is 17.4. The number of halogens is 2. The van der Waals surface area contributed by atoms with E-state index in [1.165, 1.54) is 55.6 Å². The number of phenols is 4. The Labute approximate surface area is 553 Å². The highest BCUT2D eigenvalue weighted by molar-refractivity contribution is 7.99. The van der Waals surface area contributed by atoms with E-state index < -0.39 is 38.8 Å². The van der Waals surface area contributed by atoms with Crippen molar-refractivity contribution in [1.82, 2.24) is 39.3 Å². The highest BCUT2D eigenvalue weighted by Crippen LogP contribution is 2.29. The van der Waals surface area contributed by atoms with Gasteiger partial charge in [0.15, 0.2) is 0 Å². The van der Waals surface area contributed by atoms with Crippen LogP contribution in [-0.2, 0) is 38.8 Å². The normalized spacial score (nSPS) is 13.9. The van der Waals surface area contributed by atoms with Gasteiger partial charge in [-0.25, -0.2) is 51.1 Å².